The van der Waals surface area contributed by atoms with Crippen molar-refractivity contribution in [2.24, 2.45) is 11.3 Å². The summed E-state index contributed by atoms with van der Waals surface area (Å²) in [5.74, 6) is 1.52. The van der Waals surface area contributed by atoms with Gasteiger partial charge in [-0.3, -0.25) is 0 Å². The molecule has 1 heterocycles. The molecule has 1 aliphatic carbocycles. The lowest BCUT2D eigenvalue weighted by Crippen LogP contribution is -2.48. The lowest BCUT2D eigenvalue weighted by molar-refractivity contribution is -0.0218. The van der Waals surface area contributed by atoms with E-state index >= 15 is 0 Å². The van der Waals surface area contributed by atoms with Gasteiger partial charge in [0.25, 0.3) is 0 Å². The molecule has 1 saturated carbocycles. The van der Waals surface area contributed by atoms with E-state index in [1.807, 2.05) is 0 Å². The smallest absolute Gasteiger partial charge is 0.315 e. The highest BCUT2D eigenvalue weighted by molar-refractivity contribution is 5.73. The Morgan fingerprint density at radius 2 is 2.00 bits per heavy atom. The predicted octanol–water partition coefficient (Wildman–Crippen LogP) is 2.14. The van der Waals surface area contributed by atoms with Crippen LogP contribution in [0.1, 0.15) is 58.2 Å². The van der Waals surface area contributed by atoms with Crippen LogP contribution in [0.15, 0.2) is 4.52 Å². The zero-order valence-electron chi connectivity index (χ0n) is 14.5. The molecule has 1 fully saturated rings. The summed E-state index contributed by atoms with van der Waals surface area (Å²) in [4.78, 5) is 15.8. The molecule has 0 aliphatic heterocycles. The Morgan fingerprint density at radius 3 is 2.52 bits per heavy atom. The number of urea groups is 1. The van der Waals surface area contributed by atoms with Gasteiger partial charge < -0.3 is 20.3 Å². The van der Waals surface area contributed by atoms with Crippen LogP contribution in [0.3, 0.4) is 0 Å². The highest BCUT2D eigenvalue weighted by atomic mass is 16.5. The molecule has 0 aromatic carbocycles. The van der Waals surface area contributed by atoms with Gasteiger partial charge in [-0.15, -0.1) is 0 Å². The molecule has 0 atom stereocenters. The average molecular weight is 324 g/mol. The summed E-state index contributed by atoms with van der Waals surface area (Å²) in [6.07, 6.45) is 3.43. The molecule has 2 rings (SSSR count). The first-order valence-electron chi connectivity index (χ1n) is 8.21. The Morgan fingerprint density at radius 1 is 1.35 bits per heavy atom. The fraction of sp³-hybridized carbons (Fsp3) is 0.812. The normalized spacial score (nSPS) is 25.2. The first kappa shape index (κ1) is 17.7. The maximum atomic E-state index is 11.8. The Kier molecular flexibility index (Phi) is 5.29. The maximum absolute atomic E-state index is 11.8. The topological polar surface area (TPSA) is 100 Å². The number of amides is 2. The van der Waals surface area contributed by atoms with E-state index in [1.165, 1.54) is 0 Å². The number of aliphatic hydroxyl groups is 1. The molecule has 0 saturated heterocycles. The Bertz CT molecular complexity index is 528. The SMILES string of the molecule is Cc1nc(CNC(=O)NCC2(O)CCC(C(C)(C)C)CC2)no1. The number of aryl methyl sites for hydroxylation is 1. The number of hydrogen-bond acceptors (Lipinski definition) is 5. The molecule has 7 heteroatoms. The average Bonchev–Trinajstić information content (AvgIpc) is 2.88. The Hall–Kier alpha value is -1.63. The zero-order valence-corrected chi connectivity index (χ0v) is 14.5. The van der Waals surface area contributed by atoms with Crippen molar-refractivity contribution in [3.05, 3.63) is 11.7 Å². The van der Waals surface area contributed by atoms with Crippen molar-refractivity contribution in [3.63, 3.8) is 0 Å². The minimum atomic E-state index is -0.804. The molecular formula is C16H28N4O3. The fourth-order valence-electron chi connectivity index (χ4n) is 3.08. The number of nitrogens with one attached hydrogen (secondary N) is 2. The van der Waals surface area contributed by atoms with Crippen LogP contribution in [0.4, 0.5) is 4.79 Å². The largest absolute Gasteiger partial charge is 0.388 e. The van der Waals surface area contributed by atoms with Gasteiger partial charge in [-0.1, -0.05) is 25.9 Å². The van der Waals surface area contributed by atoms with E-state index in [4.69, 9.17) is 4.52 Å². The van der Waals surface area contributed by atoms with Gasteiger partial charge in [-0.25, -0.2) is 4.79 Å². The van der Waals surface area contributed by atoms with E-state index < -0.39 is 5.60 Å². The summed E-state index contributed by atoms with van der Waals surface area (Å²) in [7, 11) is 0. The number of rotatable bonds is 4. The van der Waals surface area contributed by atoms with Crippen LogP contribution in [0.2, 0.25) is 0 Å². The molecule has 1 aliphatic rings. The molecule has 1 aromatic rings. The first-order valence-corrected chi connectivity index (χ1v) is 8.21. The maximum Gasteiger partial charge on any atom is 0.315 e. The van der Waals surface area contributed by atoms with Crippen molar-refractivity contribution < 1.29 is 14.4 Å². The lowest BCUT2D eigenvalue weighted by Gasteiger charge is -2.41. The van der Waals surface area contributed by atoms with Gasteiger partial charge in [0, 0.05) is 13.5 Å². The summed E-state index contributed by atoms with van der Waals surface area (Å²) >= 11 is 0. The standard InChI is InChI=1S/C16H28N4O3/c1-11-19-13(20-23-11)9-17-14(21)18-10-16(22)7-5-12(6-8-16)15(2,3)4/h12,22H,5-10H2,1-4H3,(H2,17,18,21). The van der Waals surface area contributed by atoms with Gasteiger partial charge in [0.05, 0.1) is 12.1 Å². The van der Waals surface area contributed by atoms with Crippen molar-refractivity contribution in [1.29, 1.82) is 0 Å². The second kappa shape index (κ2) is 6.86. The van der Waals surface area contributed by atoms with E-state index in [9.17, 15) is 9.90 Å². The number of nitrogens with zero attached hydrogens (tertiary/aromatic N) is 2. The Balaban J connectivity index is 1.71. The molecule has 1 aromatic heterocycles. The minimum absolute atomic E-state index is 0.202. The molecule has 3 N–H and O–H groups in total. The summed E-state index contributed by atoms with van der Waals surface area (Å²) in [6, 6.07) is -0.334. The van der Waals surface area contributed by atoms with Gasteiger partial charge in [-0.2, -0.15) is 4.98 Å². The molecule has 2 amide bonds. The number of carbonyl (C=O) groups excluding carboxylic acids is 1. The van der Waals surface area contributed by atoms with Crippen molar-refractivity contribution >= 4 is 6.03 Å². The zero-order chi connectivity index (χ0) is 17.1. The van der Waals surface area contributed by atoms with E-state index in [1.54, 1.807) is 6.92 Å². The quantitative estimate of drug-likeness (QED) is 0.788. The third-order valence-electron chi connectivity index (χ3n) is 4.70. The molecule has 7 nitrogen and oxygen atoms in total. The van der Waals surface area contributed by atoms with E-state index in [0.29, 0.717) is 17.6 Å². The highest BCUT2D eigenvalue weighted by Gasteiger charge is 2.37. The van der Waals surface area contributed by atoms with Crippen molar-refractivity contribution in [1.82, 2.24) is 20.8 Å². The van der Waals surface area contributed by atoms with Crippen LogP contribution in [-0.2, 0) is 6.54 Å². The second-order valence-electron chi connectivity index (χ2n) is 7.63. The fourth-order valence-corrected chi connectivity index (χ4v) is 3.08. The van der Waals surface area contributed by atoms with Crippen LogP contribution in [-0.4, -0.2) is 33.4 Å². The highest BCUT2D eigenvalue weighted by Crippen LogP contribution is 2.41. The number of aromatic nitrogens is 2. The van der Waals surface area contributed by atoms with Crippen molar-refractivity contribution in [2.75, 3.05) is 6.54 Å². The van der Waals surface area contributed by atoms with Crippen molar-refractivity contribution in [3.8, 4) is 0 Å². The second-order valence-corrected chi connectivity index (χ2v) is 7.63. The minimum Gasteiger partial charge on any atom is -0.388 e. The Labute approximate surface area is 137 Å². The predicted molar refractivity (Wildman–Crippen MR) is 85.6 cm³/mol. The van der Waals surface area contributed by atoms with Gasteiger partial charge in [0.1, 0.15) is 0 Å². The van der Waals surface area contributed by atoms with Crippen LogP contribution in [0.5, 0.6) is 0 Å². The molecule has 23 heavy (non-hydrogen) atoms. The summed E-state index contributed by atoms with van der Waals surface area (Å²) in [6.45, 7) is 8.89. The molecule has 0 bridgehead atoms. The third-order valence-corrected chi connectivity index (χ3v) is 4.70. The van der Waals surface area contributed by atoms with Gasteiger partial charge >= 0.3 is 6.03 Å². The van der Waals surface area contributed by atoms with Gasteiger partial charge in [0.15, 0.2) is 5.82 Å². The van der Waals surface area contributed by atoms with Crippen LogP contribution < -0.4 is 10.6 Å². The first-order chi connectivity index (χ1) is 10.7. The van der Waals surface area contributed by atoms with E-state index in [-0.39, 0.29) is 24.5 Å². The molecule has 0 unspecified atom stereocenters. The molecule has 0 radical (unpaired) electrons. The van der Waals surface area contributed by atoms with E-state index in [0.717, 1.165) is 25.7 Å². The molecular weight excluding hydrogens is 296 g/mol. The van der Waals surface area contributed by atoms with E-state index in [2.05, 4.69) is 41.5 Å². The molecule has 0 spiro atoms. The third kappa shape index (κ3) is 5.20. The van der Waals surface area contributed by atoms with Crippen LogP contribution in [0, 0.1) is 18.3 Å². The van der Waals surface area contributed by atoms with Crippen LogP contribution in [0.25, 0.3) is 0 Å². The molecule has 130 valence electrons. The van der Waals surface area contributed by atoms with Gasteiger partial charge in [-0.05, 0) is 37.0 Å². The monoisotopic (exact) mass is 324 g/mol. The summed E-state index contributed by atoms with van der Waals surface area (Å²) < 4.78 is 4.83. The summed E-state index contributed by atoms with van der Waals surface area (Å²) in [5.41, 5.74) is -0.531. The number of hydrogen-bond donors (Lipinski definition) is 3. The van der Waals surface area contributed by atoms with Crippen LogP contribution >= 0.6 is 0 Å². The van der Waals surface area contributed by atoms with Crippen molar-refractivity contribution in [2.45, 2.75) is 65.5 Å². The van der Waals surface area contributed by atoms with Gasteiger partial charge in [0.2, 0.25) is 5.89 Å². The number of carbonyl (C=O) groups is 1. The summed E-state index contributed by atoms with van der Waals surface area (Å²) in [5, 5.41) is 19.7. The lowest BCUT2D eigenvalue weighted by atomic mass is 9.68.